The van der Waals surface area contributed by atoms with Gasteiger partial charge in [-0.05, 0) is 24.3 Å². The number of rotatable bonds is 0. The Labute approximate surface area is 106 Å². The number of allylic oxidation sites excluding steroid dienone is 2. The van der Waals surface area contributed by atoms with E-state index in [1.165, 1.54) is 0 Å². The highest BCUT2D eigenvalue weighted by atomic mass is 35.5. The molecule has 0 radical (unpaired) electrons. The highest BCUT2D eigenvalue weighted by Crippen LogP contribution is 2.26. The zero-order valence-electron chi connectivity index (χ0n) is 8.68. The van der Waals surface area contributed by atoms with Gasteiger partial charge in [0.1, 0.15) is 0 Å². The Morgan fingerprint density at radius 3 is 1.81 bits per heavy atom. The van der Waals surface area contributed by atoms with Crippen LogP contribution in [0.25, 0.3) is 0 Å². The summed E-state index contributed by atoms with van der Waals surface area (Å²) in [6.45, 7) is 0. The van der Waals surface area contributed by atoms with Gasteiger partial charge in [0.2, 0.25) is 0 Å². The Morgan fingerprint density at radius 2 is 1.50 bits per heavy atom. The third kappa shape index (κ3) is 5.21. The van der Waals surface area contributed by atoms with Crippen molar-refractivity contribution < 1.29 is 0 Å². The average molecular weight is 257 g/mol. The normalized spacial score (nSPS) is 17.7. The Hall–Kier alpha value is -0.960. The van der Waals surface area contributed by atoms with Gasteiger partial charge in [-0.3, -0.25) is 0 Å². The molecule has 0 spiro atoms. The van der Waals surface area contributed by atoms with Crippen molar-refractivity contribution in [3.05, 3.63) is 54.6 Å². The zero-order chi connectivity index (χ0) is 12.0. The van der Waals surface area contributed by atoms with Crippen molar-refractivity contribution in [2.75, 3.05) is 5.73 Å². The van der Waals surface area contributed by atoms with Gasteiger partial charge in [-0.15, -0.1) is 0 Å². The summed E-state index contributed by atoms with van der Waals surface area (Å²) in [5.41, 5.74) is 11.6. The Bertz CT molecular complexity index is 356. The summed E-state index contributed by atoms with van der Waals surface area (Å²) in [5.74, 6) is 0. The van der Waals surface area contributed by atoms with Gasteiger partial charge in [-0.2, -0.15) is 0 Å². The molecule has 86 valence electrons. The molecule has 2 rings (SSSR count). The third-order valence-corrected chi connectivity index (χ3v) is 2.38. The van der Waals surface area contributed by atoms with Gasteiger partial charge in [0, 0.05) is 11.7 Å². The second-order valence-electron chi connectivity index (χ2n) is 3.38. The molecule has 0 saturated carbocycles. The van der Waals surface area contributed by atoms with E-state index in [4.69, 9.17) is 34.7 Å². The quantitative estimate of drug-likeness (QED) is 0.426. The first kappa shape index (κ1) is 13.1. The standard InChI is InChI=1S/C6H7Cl2N.C6H7N/c7-6(8)3-1-5(9)2-4-6;7-6-4-2-1-3-5-6/h1-5H,9H2;1-5H,7H2. The Balaban J connectivity index is 0.000000165. The van der Waals surface area contributed by atoms with Crippen molar-refractivity contribution in [2.24, 2.45) is 5.73 Å². The predicted molar refractivity (Wildman–Crippen MR) is 71.5 cm³/mol. The van der Waals surface area contributed by atoms with Crippen LogP contribution in [0.3, 0.4) is 0 Å². The fourth-order valence-corrected chi connectivity index (χ4v) is 1.34. The topological polar surface area (TPSA) is 52.0 Å². The Kier molecular flexibility index (Phi) is 4.87. The SMILES string of the molecule is NC1C=CC(Cl)(Cl)C=C1.Nc1ccccc1. The van der Waals surface area contributed by atoms with Gasteiger partial charge in [0.25, 0.3) is 0 Å². The molecule has 1 aromatic rings. The van der Waals surface area contributed by atoms with Crippen molar-refractivity contribution in [1.29, 1.82) is 0 Å². The van der Waals surface area contributed by atoms with Crippen LogP contribution in [0, 0.1) is 0 Å². The first-order chi connectivity index (χ1) is 7.49. The summed E-state index contributed by atoms with van der Waals surface area (Å²) in [6.07, 6.45) is 6.86. The van der Waals surface area contributed by atoms with Crippen molar-refractivity contribution in [3.8, 4) is 0 Å². The van der Waals surface area contributed by atoms with Crippen LogP contribution >= 0.6 is 23.2 Å². The van der Waals surface area contributed by atoms with Crippen LogP contribution in [0.4, 0.5) is 5.69 Å². The molecular formula is C12H14Cl2N2. The molecule has 1 aliphatic carbocycles. The summed E-state index contributed by atoms with van der Waals surface area (Å²) in [7, 11) is 0. The number of hydrogen-bond donors (Lipinski definition) is 2. The number of nitrogen functional groups attached to an aromatic ring is 1. The fourth-order valence-electron chi connectivity index (χ4n) is 1.05. The lowest BCUT2D eigenvalue weighted by molar-refractivity contribution is 0.980. The number of alkyl halides is 2. The maximum absolute atomic E-state index is 5.67. The van der Waals surface area contributed by atoms with E-state index >= 15 is 0 Å². The van der Waals surface area contributed by atoms with E-state index in [-0.39, 0.29) is 6.04 Å². The smallest absolute Gasteiger partial charge is 0.154 e. The van der Waals surface area contributed by atoms with Gasteiger partial charge < -0.3 is 11.5 Å². The largest absolute Gasteiger partial charge is 0.399 e. The van der Waals surface area contributed by atoms with Crippen molar-refractivity contribution in [3.63, 3.8) is 0 Å². The molecule has 4 N–H and O–H groups in total. The molecule has 0 heterocycles. The van der Waals surface area contributed by atoms with E-state index < -0.39 is 4.33 Å². The van der Waals surface area contributed by atoms with E-state index in [2.05, 4.69) is 0 Å². The summed E-state index contributed by atoms with van der Waals surface area (Å²) >= 11 is 11.3. The second kappa shape index (κ2) is 5.94. The summed E-state index contributed by atoms with van der Waals surface area (Å²) in [5, 5.41) is 0. The summed E-state index contributed by atoms with van der Waals surface area (Å²) < 4.78 is -0.837. The first-order valence-corrected chi connectivity index (χ1v) is 5.58. The first-order valence-electron chi connectivity index (χ1n) is 4.82. The van der Waals surface area contributed by atoms with Gasteiger partial charge in [0.05, 0.1) is 0 Å². The lowest BCUT2D eigenvalue weighted by atomic mass is 10.1. The summed E-state index contributed by atoms with van der Waals surface area (Å²) in [6, 6.07) is 9.46. The van der Waals surface area contributed by atoms with E-state index in [0.29, 0.717) is 0 Å². The molecule has 4 heteroatoms. The summed E-state index contributed by atoms with van der Waals surface area (Å²) in [4.78, 5) is 0. The number of anilines is 1. The van der Waals surface area contributed by atoms with Crippen LogP contribution in [-0.4, -0.2) is 10.4 Å². The fraction of sp³-hybridized carbons (Fsp3) is 0.167. The monoisotopic (exact) mass is 256 g/mol. The number of hydrogen-bond acceptors (Lipinski definition) is 2. The maximum atomic E-state index is 5.67. The second-order valence-corrected chi connectivity index (χ2v) is 4.83. The van der Waals surface area contributed by atoms with Crippen LogP contribution in [0.2, 0.25) is 0 Å². The molecule has 1 aromatic carbocycles. The lowest BCUT2D eigenvalue weighted by Gasteiger charge is -2.14. The van der Waals surface area contributed by atoms with E-state index in [9.17, 15) is 0 Å². The highest BCUT2D eigenvalue weighted by Gasteiger charge is 2.18. The van der Waals surface area contributed by atoms with Crippen molar-refractivity contribution in [1.82, 2.24) is 0 Å². The third-order valence-electron chi connectivity index (χ3n) is 1.88. The number of benzene rings is 1. The molecule has 0 amide bonds. The molecule has 16 heavy (non-hydrogen) atoms. The highest BCUT2D eigenvalue weighted by molar-refractivity contribution is 6.51. The number of para-hydroxylation sites is 1. The lowest BCUT2D eigenvalue weighted by Crippen LogP contribution is -2.20. The number of halogens is 2. The van der Waals surface area contributed by atoms with Crippen molar-refractivity contribution in [2.45, 2.75) is 10.4 Å². The van der Waals surface area contributed by atoms with Crippen LogP contribution in [-0.2, 0) is 0 Å². The van der Waals surface area contributed by atoms with E-state index in [0.717, 1.165) is 5.69 Å². The molecular weight excluding hydrogens is 243 g/mol. The molecule has 2 nitrogen and oxygen atoms in total. The van der Waals surface area contributed by atoms with Crippen LogP contribution in [0.1, 0.15) is 0 Å². The average Bonchev–Trinajstić information content (AvgIpc) is 2.25. The molecule has 0 atom stereocenters. The maximum Gasteiger partial charge on any atom is 0.154 e. The molecule has 0 fully saturated rings. The molecule has 0 unspecified atom stereocenters. The number of nitrogens with two attached hydrogens (primary N) is 2. The molecule has 1 aliphatic rings. The van der Waals surface area contributed by atoms with E-state index in [1.807, 2.05) is 30.3 Å². The molecule has 0 saturated heterocycles. The Morgan fingerprint density at radius 1 is 1.00 bits per heavy atom. The predicted octanol–water partition coefficient (Wildman–Crippen LogP) is 2.88. The minimum atomic E-state index is -0.837. The van der Waals surface area contributed by atoms with E-state index in [1.54, 1.807) is 24.3 Å². The minimum Gasteiger partial charge on any atom is -0.399 e. The molecule has 0 aliphatic heterocycles. The van der Waals surface area contributed by atoms with Gasteiger partial charge in [-0.1, -0.05) is 53.6 Å². The van der Waals surface area contributed by atoms with Crippen molar-refractivity contribution >= 4 is 28.9 Å². The minimum absolute atomic E-state index is 0.0318. The van der Waals surface area contributed by atoms with Crippen LogP contribution in [0.5, 0.6) is 0 Å². The molecule has 0 bridgehead atoms. The zero-order valence-corrected chi connectivity index (χ0v) is 10.2. The van der Waals surface area contributed by atoms with Gasteiger partial charge >= 0.3 is 0 Å². The van der Waals surface area contributed by atoms with Gasteiger partial charge in [0.15, 0.2) is 4.33 Å². The van der Waals surface area contributed by atoms with Gasteiger partial charge in [-0.25, -0.2) is 0 Å². The van der Waals surface area contributed by atoms with Crippen LogP contribution < -0.4 is 11.5 Å². The van der Waals surface area contributed by atoms with Crippen LogP contribution in [0.15, 0.2) is 54.6 Å². The molecule has 0 aromatic heterocycles.